The summed E-state index contributed by atoms with van der Waals surface area (Å²) in [5.41, 5.74) is 0.761. The van der Waals surface area contributed by atoms with Gasteiger partial charge in [-0.05, 0) is 31.2 Å². The van der Waals surface area contributed by atoms with Crippen molar-refractivity contribution in [1.29, 1.82) is 0 Å². The maximum absolute atomic E-state index is 11.8. The van der Waals surface area contributed by atoms with Gasteiger partial charge in [-0.15, -0.1) is 11.3 Å². The van der Waals surface area contributed by atoms with Crippen LogP contribution in [-0.2, 0) is 4.74 Å². The van der Waals surface area contributed by atoms with Crippen molar-refractivity contribution < 1.29 is 13.9 Å². The Morgan fingerprint density at radius 3 is 3.06 bits per heavy atom. The van der Waals surface area contributed by atoms with Gasteiger partial charge in [0.25, 0.3) is 0 Å². The minimum Gasteiger partial charge on any atom is -0.460 e. The number of carbonyl (C=O) groups excluding carboxylic acids is 1. The number of hydrogen-bond donors (Lipinski definition) is 0. The molecule has 1 saturated carbocycles. The highest BCUT2D eigenvalue weighted by Gasteiger charge is 2.34. The lowest BCUT2D eigenvalue weighted by molar-refractivity contribution is 0.0489. The van der Waals surface area contributed by atoms with Gasteiger partial charge in [0.1, 0.15) is 0 Å². The minimum atomic E-state index is -0.408. The molecule has 0 amide bonds. The third kappa shape index (κ3) is 2.06. The van der Waals surface area contributed by atoms with E-state index in [2.05, 4.69) is 4.98 Å². The van der Waals surface area contributed by atoms with Gasteiger partial charge in [-0.3, -0.25) is 0 Å². The lowest BCUT2D eigenvalue weighted by atomic mass is 10.2. The van der Waals surface area contributed by atoms with Gasteiger partial charge < -0.3 is 9.15 Å². The van der Waals surface area contributed by atoms with Crippen molar-refractivity contribution >= 4 is 17.3 Å². The molecule has 1 aliphatic rings. The van der Waals surface area contributed by atoms with Gasteiger partial charge >= 0.3 is 5.97 Å². The first kappa shape index (κ1) is 11.5. The van der Waals surface area contributed by atoms with Crippen LogP contribution in [0.4, 0.5) is 0 Å². The zero-order valence-corrected chi connectivity index (χ0v) is 10.8. The zero-order valence-electron chi connectivity index (χ0n) is 10.0. The summed E-state index contributed by atoms with van der Waals surface area (Å²) in [4.78, 5) is 17.2. The number of carbonyl (C=O) groups is 1. The van der Waals surface area contributed by atoms with E-state index in [1.807, 2.05) is 17.5 Å². The van der Waals surface area contributed by atoms with E-state index in [-0.39, 0.29) is 5.76 Å². The van der Waals surface area contributed by atoms with Crippen LogP contribution in [-0.4, -0.2) is 17.6 Å². The van der Waals surface area contributed by atoms with Crippen LogP contribution in [0, 0.1) is 0 Å². The molecule has 0 radical (unpaired) electrons. The van der Waals surface area contributed by atoms with E-state index in [4.69, 9.17) is 9.15 Å². The molecule has 0 saturated heterocycles. The molecule has 0 N–H and O–H groups in total. The zero-order chi connectivity index (χ0) is 12.5. The van der Waals surface area contributed by atoms with Gasteiger partial charge in [-0.1, -0.05) is 6.07 Å². The highest BCUT2D eigenvalue weighted by Crippen LogP contribution is 2.42. The lowest BCUT2D eigenvalue weighted by Crippen LogP contribution is -2.05. The number of aromatic nitrogens is 1. The Morgan fingerprint density at radius 1 is 1.61 bits per heavy atom. The maximum Gasteiger partial charge on any atom is 0.376 e. The molecule has 94 valence electrons. The minimum absolute atomic E-state index is 0.280. The van der Waals surface area contributed by atoms with Crippen LogP contribution >= 0.6 is 11.3 Å². The van der Waals surface area contributed by atoms with Gasteiger partial charge in [-0.2, -0.15) is 0 Å². The summed E-state index contributed by atoms with van der Waals surface area (Å²) in [6.07, 6.45) is 2.14. The molecule has 5 heteroatoms. The highest BCUT2D eigenvalue weighted by atomic mass is 32.1. The van der Waals surface area contributed by atoms with Crippen LogP contribution in [0.15, 0.2) is 21.9 Å². The summed E-state index contributed by atoms with van der Waals surface area (Å²) in [6.45, 7) is 2.13. The first-order valence-electron chi connectivity index (χ1n) is 6.01. The molecule has 1 aliphatic carbocycles. The first-order valence-corrected chi connectivity index (χ1v) is 6.89. The number of nitrogens with zero attached hydrogens (tertiary/aromatic N) is 1. The molecule has 3 rings (SSSR count). The second-order valence-electron chi connectivity index (χ2n) is 4.21. The second kappa shape index (κ2) is 4.57. The van der Waals surface area contributed by atoms with Crippen molar-refractivity contribution in [2.75, 3.05) is 6.61 Å². The monoisotopic (exact) mass is 263 g/mol. The number of esters is 1. The predicted octanol–water partition coefficient (Wildman–Crippen LogP) is 3.46. The molecule has 4 nitrogen and oxygen atoms in total. The summed E-state index contributed by atoms with van der Waals surface area (Å²) in [7, 11) is 0. The smallest absolute Gasteiger partial charge is 0.376 e. The van der Waals surface area contributed by atoms with Gasteiger partial charge in [0.2, 0.25) is 11.7 Å². The Hall–Kier alpha value is -1.62. The average Bonchev–Trinajstić information content (AvgIpc) is 2.92. The fraction of sp³-hybridized carbons (Fsp3) is 0.385. The SMILES string of the molecule is CCOC(=O)c1oc(-c2cccs2)nc1C1CC1. The Kier molecular flexibility index (Phi) is 2.91. The highest BCUT2D eigenvalue weighted by molar-refractivity contribution is 7.13. The molecule has 0 spiro atoms. The van der Waals surface area contributed by atoms with E-state index < -0.39 is 5.97 Å². The average molecular weight is 263 g/mol. The van der Waals surface area contributed by atoms with Crippen molar-refractivity contribution in [1.82, 2.24) is 4.98 Å². The topological polar surface area (TPSA) is 52.3 Å². The Balaban J connectivity index is 1.98. The number of hydrogen-bond acceptors (Lipinski definition) is 5. The summed E-state index contributed by atoms with van der Waals surface area (Å²) >= 11 is 1.55. The molecule has 0 aromatic carbocycles. The van der Waals surface area contributed by atoms with Crippen molar-refractivity contribution in [2.24, 2.45) is 0 Å². The van der Waals surface area contributed by atoms with Crippen LogP contribution < -0.4 is 0 Å². The summed E-state index contributed by atoms with van der Waals surface area (Å²) in [5, 5.41) is 1.96. The summed E-state index contributed by atoms with van der Waals surface area (Å²) in [6, 6.07) is 3.87. The van der Waals surface area contributed by atoms with Crippen molar-refractivity contribution in [2.45, 2.75) is 25.7 Å². The maximum atomic E-state index is 11.8. The van der Waals surface area contributed by atoms with Crippen molar-refractivity contribution in [3.05, 3.63) is 29.0 Å². The van der Waals surface area contributed by atoms with E-state index in [0.29, 0.717) is 18.4 Å². The predicted molar refractivity (Wildman–Crippen MR) is 67.7 cm³/mol. The van der Waals surface area contributed by atoms with Crippen molar-refractivity contribution in [3.63, 3.8) is 0 Å². The molecule has 0 aliphatic heterocycles. The lowest BCUT2D eigenvalue weighted by Gasteiger charge is -1.98. The van der Waals surface area contributed by atoms with E-state index in [9.17, 15) is 4.79 Å². The summed E-state index contributed by atoms with van der Waals surface area (Å²) < 4.78 is 10.6. The Labute approximate surface area is 109 Å². The van der Waals surface area contributed by atoms with Gasteiger partial charge in [0.15, 0.2) is 0 Å². The molecule has 2 heterocycles. The third-order valence-electron chi connectivity index (χ3n) is 2.81. The molecule has 0 unspecified atom stereocenters. The van der Waals surface area contributed by atoms with E-state index in [0.717, 1.165) is 23.4 Å². The van der Waals surface area contributed by atoms with E-state index in [1.165, 1.54) is 0 Å². The van der Waals surface area contributed by atoms with Crippen LogP contribution in [0.25, 0.3) is 10.8 Å². The second-order valence-corrected chi connectivity index (χ2v) is 5.15. The number of thiophene rings is 1. The van der Waals surface area contributed by atoms with Crippen molar-refractivity contribution in [3.8, 4) is 10.8 Å². The van der Waals surface area contributed by atoms with E-state index in [1.54, 1.807) is 18.3 Å². The van der Waals surface area contributed by atoms with Gasteiger partial charge in [-0.25, -0.2) is 9.78 Å². The molecule has 0 atom stereocenters. The molecule has 18 heavy (non-hydrogen) atoms. The molecule has 2 aromatic rings. The fourth-order valence-electron chi connectivity index (χ4n) is 1.81. The van der Waals surface area contributed by atoms with Crippen LogP contribution in [0.3, 0.4) is 0 Å². The van der Waals surface area contributed by atoms with Crippen LogP contribution in [0.2, 0.25) is 0 Å². The molecule has 0 bridgehead atoms. The molecular formula is C13H13NO3S. The summed E-state index contributed by atoms with van der Waals surface area (Å²) in [5.74, 6) is 0.759. The first-order chi connectivity index (χ1) is 8.79. The van der Waals surface area contributed by atoms with Gasteiger partial charge in [0.05, 0.1) is 17.2 Å². The van der Waals surface area contributed by atoms with E-state index >= 15 is 0 Å². The van der Waals surface area contributed by atoms with Gasteiger partial charge in [0, 0.05) is 5.92 Å². The Bertz CT molecular complexity index is 555. The quantitative estimate of drug-likeness (QED) is 0.793. The number of ether oxygens (including phenoxy) is 1. The molecular weight excluding hydrogens is 250 g/mol. The van der Waals surface area contributed by atoms with Crippen LogP contribution in [0.1, 0.15) is 41.9 Å². The molecule has 2 aromatic heterocycles. The largest absolute Gasteiger partial charge is 0.460 e. The standard InChI is InChI=1S/C13H13NO3S/c1-2-16-13(15)11-10(8-5-6-8)14-12(17-11)9-4-3-7-18-9/h3-4,7-8H,2,5-6H2,1H3. The third-order valence-corrected chi connectivity index (χ3v) is 3.67. The normalized spacial score (nSPS) is 14.7. The number of rotatable bonds is 4. The Morgan fingerprint density at radius 2 is 2.44 bits per heavy atom. The fourth-order valence-corrected chi connectivity index (χ4v) is 2.46. The molecule has 1 fully saturated rings. The van der Waals surface area contributed by atoms with Crippen LogP contribution in [0.5, 0.6) is 0 Å². The number of oxazole rings is 1.